The van der Waals surface area contributed by atoms with Gasteiger partial charge in [-0.05, 0) is 26.2 Å². The third-order valence-electron chi connectivity index (χ3n) is 3.75. The maximum Gasteiger partial charge on any atom is 0.239 e. The van der Waals surface area contributed by atoms with E-state index < -0.39 is 0 Å². The zero-order valence-electron chi connectivity index (χ0n) is 12.0. The summed E-state index contributed by atoms with van der Waals surface area (Å²) in [7, 11) is 0. The van der Waals surface area contributed by atoms with Crippen LogP contribution in [0.5, 0.6) is 0 Å². The van der Waals surface area contributed by atoms with E-state index in [1.54, 1.807) is 6.20 Å². The van der Waals surface area contributed by atoms with E-state index in [0.29, 0.717) is 6.42 Å². The van der Waals surface area contributed by atoms with Crippen molar-refractivity contribution in [1.29, 1.82) is 0 Å². The number of halogens is 2. The quantitative estimate of drug-likeness (QED) is 0.918. The molecule has 7 heteroatoms. The Hall–Kier alpha value is -0.780. The normalized spacial score (nSPS) is 19.1. The summed E-state index contributed by atoms with van der Waals surface area (Å²) in [5, 5.41) is 0. The average Bonchev–Trinajstić information content (AvgIpc) is 2.98. The van der Waals surface area contributed by atoms with Gasteiger partial charge in [-0.2, -0.15) is 0 Å². The van der Waals surface area contributed by atoms with Crippen molar-refractivity contribution in [2.45, 2.75) is 51.7 Å². The average molecular weight is 323 g/mol. The fraction of sp³-hybridized carbons (Fsp3) is 0.692. The van der Waals surface area contributed by atoms with Crippen molar-refractivity contribution in [3.63, 3.8) is 0 Å². The number of aromatic nitrogens is 2. The number of likely N-dealkylation sites (tertiary alicyclic amines) is 1. The molecule has 0 spiro atoms. The summed E-state index contributed by atoms with van der Waals surface area (Å²) in [6.45, 7) is 5.60. The first-order chi connectivity index (χ1) is 8.63. The second kappa shape index (κ2) is 8.49. The van der Waals surface area contributed by atoms with Gasteiger partial charge >= 0.3 is 0 Å². The van der Waals surface area contributed by atoms with E-state index in [9.17, 15) is 4.79 Å². The van der Waals surface area contributed by atoms with Gasteiger partial charge < -0.3 is 15.2 Å². The Bertz CT molecular complexity index is 424. The molecule has 5 nitrogen and oxygen atoms in total. The molecule has 116 valence electrons. The van der Waals surface area contributed by atoms with Gasteiger partial charge in [0.05, 0.1) is 6.04 Å². The molecule has 2 heterocycles. The maximum atomic E-state index is 12.2. The van der Waals surface area contributed by atoms with Crippen molar-refractivity contribution < 1.29 is 4.79 Å². The van der Waals surface area contributed by atoms with E-state index in [4.69, 9.17) is 5.73 Å². The van der Waals surface area contributed by atoms with Crippen LogP contribution in [0.2, 0.25) is 0 Å². The molecule has 0 bridgehead atoms. The van der Waals surface area contributed by atoms with E-state index in [0.717, 1.165) is 31.8 Å². The fourth-order valence-corrected chi connectivity index (χ4v) is 2.53. The highest BCUT2D eigenvalue weighted by Crippen LogP contribution is 2.20. The molecule has 1 unspecified atom stereocenters. The fourth-order valence-electron chi connectivity index (χ4n) is 2.53. The van der Waals surface area contributed by atoms with Gasteiger partial charge in [-0.25, -0.2) is 4.98 Å². The zero-order valence-corrected chi connectivity index (χ0v) is 13.6. The second-order valence-corrected chi connectivity index (χ2v) is 4.97. The van der Waals surface area contributed by atoms with Crippen LogP contribution in [0.4, 0.5) is 0 Å². The number of hydrogen-bond acceptors (Lipinski definition) is 3. The number of imidazole rings is 1. The number of rotatable bonds is 4. The molecule has 1 aliphatic heterocycles. The minimum absolute atomic E-state index is 0. The van der Waals surface area contributed by atoms with Crippen molar-refractivity contribution in [3.8, 4) is 0 Å². The molecule has 2 rings (SSSR count). The molecule has 0 saturated carbocycles. The van der Waals surface area contributed by atoms with Crippen LogP contribution in [-0.4, -0.2) is 39.0 Å². The van der Waals surface area contributed by atoms with Crippen molar-refractivity contribution in [3.05, 3.63) is 18.2 Å². The van der Waals surface area contributed by atoms with Crippen molar-refractivity contribution in [2.75, 3.05) is 6.54 Å². The first-order valence-corrected chi connectivity index (χ1v) is 6.67. The summed E-state index contributed by atoms with van der Waals surface area (Å²) in [6, 6.07) is -0.0857. The molecule has 0 radical (unpaired) electrons. The molecular formula is C13H24Cl2N4O. The lowest BCUT2D eigenvalue weighted by molar-refractivity contribution is -0.133. The SMILES string of the molecule is CC[C@H](N)C(=O)N1CCCC1Cn1ccnc1C.Cl.Cl. The molecule has 1 fully saturated rings. The van der Waals surface area contributed by atoms with Gasteiger partial charge in [0.15, 0.2) is 0 Å². The van der Waals surface area contributed by atoms with Crippen LogP contribution < -0.4 is 5.73 Å². The van der Waals surface area contributed by atoms with E-state index in [1.807, 2.05) is 24.9 Å². The Morgan fingerprint density at radius 3 is 2.80 bits per heavy atom. The maximum absolute atomic E-state index is 12.2. The zero-order chi connectivity index (χ0) is 13.1. The first-order valence-electron chi connectivity index (χ1n) is 6.67. The minimum atomic E-state index is -0.352. The van der Waals surface area contributed by atoms with Gasteiger partial charge in [-0.1, -0.05) is 6.92 Å². The lowest BCUT2D eigenvalue weighted by Crippen LogP contribution is -2.46. The van der Waals surface area contributed by atoms with Gasteiger partial charge in [-0.3, -0.25) is 4.79 Å². The monoisotopic (exact) mass is 322 g/mol. The van der Waals surface area contributed by atoms with Gasteiger partial charge in [0.1, 0.15) is 5.82 Å². The molecule has 2 N–H and O–H groups in total. The van der Waals surface area contributed by atoms with E-state index in [2.05, 4.69) is 9.55 Å². The third-order valence-corrected chi connectivity index (χ3v) is 3.75. The van der Waals surface area contributed by atoms with Crippen molar-refractivity contribution in [2.24, 2.45) is 5.73 Å². The van der Waals surface area contributed by atoms with Crippen LogP contribution in [0.15, 0.2) is 12.4 Å². The van der Waals surface area contributed by atoms with Gasteiger partial charge in [0, 0.05) is 31.5 Å². The summed E-state index contributed by atoms with van der Waals surface area (Å²) >= 11 is 0. The van der Waals surface area contributed by atoms with Crippen LogP contribution in [0, 0.1) is 6.92 Å². The number of amides is 1. The number of carbonyl (C=O) groups excluding carboxylic acids is 1. The predicted molar refractivity (Wildman–Crippen MR) is 84.5 cm³/mol. The van der Waals surface area contributed by atoms with E-state index in [1.165, 1.54) is 0 Å². The van der Waals surface area contributed by atoms with Gasteiger partial charge in [-0.15, -0.1) is 24.8 Å². The summed E-state index contributed by atoms with van der Waals surface area (Å²) in [6.07, 6.45) is 6.59. The van der Waals surface area contributed by atoms with Crippen LogP contribution >= 0.6 is 24.8 Å². The Morgan fingerprint density at radius 2 is 2.25 bits per heavy atom. The molecule has 0 aliphatic carbocycles. The van der Waals surface area contributed by atoms with Gasteiger partial charge in [0.25, 0.3) is 0 Å². The Morgan fingerprint density at radius 1 is 1.55 bits per heavy atom. The number of nitrogens with zero attached hydrogens (tertiary/aromatic N) is 3. The molecule has 2 atom stereocenters. The molecule has 20 heavy (non-hydrogen) atoms. The Labute approximate surface area is 132 Å². The molecule has 1 aromatic heterocycles. The summed E-state index contributed by atoms with van der Waals surface area (Å²) in [5.74, 6) is 1.09. The standard InChI is InChI=1S/C13H22N4O.2ClH/c1-3-12(14)13(18)17-7-4-5-11(17)9-16-8-6-15-10(16)2;;/h6,8,11-12H,3-5,7,9,14H2,1-2H3;2*1H/t11?,12-;;/m0../s1. The van der Waals surface area contributed by atoms with Crippen LogP contribution in [0.25, 0.3) is 0 Å². The molecule has 1 saturated heterocycles. The lowest BCUT2D eigenvalue weighted by atomic mass is 10.1. The highest BCUT2D eigenvalue weighted by Gasteiger charge is 2.31. The smallest absolute Gasteiger partial charge is 0.239 e. The summed E-state index contributed by atoms with van der Waals surface area (Å²) in [4.78, 5) is 18.3. The summed E-state index contributed by atoms with van der Waals surface area (Å²) in [5.41, 5.74) is 5.85. The molecular weight excluding hydrogens is 299 g/mol. The largest absolute Gasteiger partial charge is 0.337 e. The second-order valence-electron chi connectivity index (χ2n) is 4.97. The summed E-state index contributed by atoms with van der Waals surface area (Å²) < 4.78 is 2.10. The lowest BCUT2D eigenvalue weighted by Gasteiger charge is -2.27. The molecule has 1 aliphatic rings. The Kier molecular flexibility index (Phi) is 8.16. The molecule has 1 amide bonds. The van der Waals surface area contributed by atoms with Crippen LogP contribution in [0.3, 0.4) is 0 Å². The van der Waals surface area contributed by atoms with Crippen molar-refractivity contribution in [1.82, 2.24) is 14.5 Å². The number of aryl methyl sites for hydroxylation is 1. The van der Waals surface area contributed by atoms with E-state index >= 15 is 0 Å². The highest BCUT2D eigenvalue weighted by molar-refractivity contribution is 5.85. The first kappa shape index (κ1) is 19.2. The van der Waals surface area contributed by atoms with Crippen LogP contribution in [-0.2, 0) is 11.3 Å². The molecule has 1 aromatic rings. The Balaban J connectivity index is 0.00000180. The topological polar surface area (TPSA) is 64.2 Å². The minimum Gasteiger partial charge on any atom is -0.337 e. The molecule has 0 aromatic carbocycles. The van der Waals surface area contributed by atoms with Crippen LogP contribution in [0.1, 0.15) is 32.0 Å². The van der Waals surface area contributed by atoms with Gasteiger partial charge in [0.2, 0.25) is 5.91 Å². The third kappa shape index (κ3) is 4.11. The number of nitrogens with two attached hydrogens (primary N) is 1. The van der Waals surface area contributed by atoms with E-state index in [-0.39, 0.29) is 42.8 Å². The van der Waals surface area contributed by atoms with Crippen molar-refractivity contribution >= 4 is 30.7 Å². The number of carbonyl (C=O) groups is 1. The highest BCUT2D eigenvalue weighted by atomic mass is 35.5. The predicted octanol–water partition coefficient (Wildman–Crippen LogP) is 1.76. The number of hydrogen-bond donors (Lipinski definition) is 1.